The van der Waals surface area contributed by atoms with E-state index in [1.165, 1.54) is 71.5 Å². The summed E-state index contributed by atoms with van der Waals surface area (Å²) in [5, 5.41) is 3.75. The molecule has 0 N–H and O–H groups in total. The highest BCUT2D eigenvalue weighted by Crippen LogP contribution is 2.37. The van der Waals surface area contributed by atoms with Crippen molar-refractivity contribution in [2.75, 3.05) is 0 Å². The van der Waals surface area contributed by atoms with E-state index in [0.717, 1.165) is 11.2 Å². The van der Waals surface area contributed by atoms with Crippen molar-refractivity contribution in [2.24, 2.45) is 0 Å². The normalized spacial score (nSPS) is 12.1. The molecule has 0 saturated heterocycles. The molecule has 1 aliphatic heterocycles. The number of pyridine rings is 1. The maximum absolute atomic E-state index is 5.42. The molecule has 1 aromatic heterocycles. The molecule has 0 atom stereocenters. The van der Waals surface area contributed by atoms with Gasteiger partial charge in [0.15, 0.2) is 0 Å². The molecular weight excluding hydrogens is 493 g/mol. The van der Waals surface area contributed by atoms with Crippen LogP contribution in [0.4, 0.5) is 0 Å². The zero-order valence-corrected chi connectivity index (χ0v) is 23.2. The van der Waals surface area contributed by atoms with Gasteiger partial charge in [-0.25, -0.2) is 4.98 Å². The molecule has 8 rings (SSSR count). The Morgan fingerprint density at radius 1 is 0.488 bits per heavy atom. The molecule has 1 nitrogen and oxygen atoms in total. The van der Waals surface area contributed by atoms with Crippen LogP contribution >= 0.6 is 0 Å². The lowest BCUT2D eigenvalue weighted by Crippen LogP contribution is -2.56. The molecule has 0 fully saturated rings. The maximum atomic E-state index is 5.42. The van der Waals surface area contributed by atoms with Gasteiger partial charge in [-0.1, -0.05) is 143 Å². The predicted octanol–water partition coefficient (Wildman–Crippen LogP) is 7.84. The van der Waals surface area contributed by atoms with Crippen LogP contribution < -0.4 is 16.4 Å². The van der Waals surface area contributed by atoms with E-state index in [9.17, 15) is 0 Å². The molecule has 7 aromatic rings. The van der Waals surface area contributed by atoms with E-state index in [4.69, 9.17) is 4.98 Å². The van der Waals surface area contributed by atoms with Crippen LogP contribution in [0, 0.1) is 13.8 Å². The lowest BCUT2D eigenvalue weighted by Gasteiger charge is -2.29. The lowest BCUT2D eigenvalue weighted by molar-refractivity contribution is 1.41. The summed E-state index contributed by atoms with van der Waals surface area (Å²) in [5.41, 5.74) is 15.0. The third-order valence-corrected chi connectivity index (χ3v) is 8.83. The largest absolute Gasteiger partial charge is 0.247 e. The second kappa shape index (κ2) is 9.32. The number of aryl methyl sites for hydroxylation is 2. The van der Waals surface area contributed by atoms with Crippen LogP contribution in [0.25, 0.3) is 55.2 Å². The van der Waals surface area contributed by atoms with Crippen molar-refractivity contribution < 1.29 is 0 Å². The fourth-order valence-corrected chi connectivity index (χ4v) is 6.91. The Kier molecular flexibility index (Phi) is 5.43. The molecule has 1 aliphatic rings. The highest BCUT2D eigenvalue weighted by molar-refractivity contribution is 6.99. The van der Waals surface area contributed by atoms with Crippen LogP contribution in [-0.4, -0.2) is 11.7 Å². The maximum Gasteiger partial charge on any atom is 0.243 e. The zero-order valence-electron chi connectivity index (χ0n) is 23.2. The predicted molar refractivity (Wildman–Crippen MR) is 176 cm³/mol. The smallest absolute Gasteiger partial charge is 0.243 e. The van der Waals surface area contributed by atoms with Crippen molar-refractivity contribution in [1.82, 2.24) is 4.98 Å². The van der Waals surface area contributed by atoms with Gasteiger partial charge in [0.2, 0.25) is 6.71 Å². The van der Waals surface area contributed by atoms with Gasteiger partial charge in [0, 0.05) is 10.8 Å². The first-order valence-electron chi connectivity index (χ1n) is 14.3. The summed E-state index contributed by atoms with van der Waals surface area (Å²) in [6.07, 6.45) is 0. The van der Waals surface area contributed by atoms with E-state index in [1.807, 2.05) is 0 Å². The summed E-state index contributed by atoms with van der Waals surface area (Å²) in [6, 6.07) is 48.6. The molecule has 2 heterocycles. The average Bonchev–Trinajstić information content (AvgIpc) is 3.02. The fraction of sp³-hybridized carbons (Fsp3) is 0.0513. The van der Waals surface area contributed by atoms with Gasteiger partial charge >= 0.3 is 0 Å². The van der Waals surface area contributed by atoms with Crippen LogP contribution in [0.5, 0.6) is 0 Å². The average molecular weight is 521 g/mol. The number of benzene rings is 6. The van der Waals surface area contributed by atoms with Gasteiger partial charge < -0.3 is 0 Å². The van der Waals surface area contributed by atoms with Crippen molar-refractivity contribution >= 4 is 44.8 Å². The molecule has 0 bridgehead atoms. The van der Waals surface area contributed by atoms with Crippen molar-refractivity contribution in [2.45, 2.75) is 13.8 Å². The monoisotopic (exact) mass is 521 g/mol. The van der Waals surface area contributed by atoms with Gasteiger partial charge in [-0.05, 0) is 65.3 Å². The fourth-order valence-electron chi connectivity index (χ4n) is 6.91. The van der Waals surface area contributed by atoms with Gasteiger partial charge in [0.05, 0.1) is 11.2 Å². The van der Waals surface area contributed by atoms with Gasteiger partial charge in [-0.15, -0.1) is 0 Å². The van der Waals surface area contributed by atoms with Gasteiger partial charge in [0.25, 0.3) is 0 Å². The number of aromatic nitrogens is 1. The molecule has 41 heavy (non-hydrogen) atoms. The summed E-state index contributed by atoms with van der Waals surface area (Å²) in [4.78, 5) is 5.42. The van der Waals surface area contributed by atoms with Gasteiger partial charge in [0.1, 0.15) is 0 Å². The number of hydrogen-bond donors (Lipinski definition) is 0. The third-order valence-electron chi connectivity index (χ3n) is 8.83. The molecule has 0 amide bonds. The summed E-state index contributed by atoms with van der Waals surface area (Å²) in [6.45, 7) is 4.64. The van der Waals surface area contributed by atoms with Crippen molar-refractivity contribution in [3.05, 3.63) is 145 Å². The van der Waals surface area contributed by atoms with Crippen LogP contribution in [0.2, 0.25) is 0 Å². The third kappa shape index (κ3) is 3.75. The topological polar surface area (TPSA) is 12.9 Å². The minimum atomic E-state index is 0.142. The van der Waals surface area contributed by atoms with Crippen molar-refractivity contribution in [3.63, 3.8) is 0 Å². The van der Waals surface area contributed by atoms with Crippen molar-refractivity contribution in [1.29, 1.82) is 0 Å². The Morgan fingerprint density at radius 3 is 1.83 bits per heavy atom. The summed E-state index contributed by atoms with van der Waals surface area (Å²) in [7, 11) is 0. The minimum absolute atomic E-state index is 0.142. The Labute approximate surface area is 241 Å². The van der Waals surface area contributed by atoms with E-state index in [-0.39, 0.29) is 6.71 Å². The minimum Gasteiger partial charge on any atom is -0.247 e. The summed E-state index contributed by atoms with van der Waals surface area (Å²) >= 11 is 0. The molecule has 0 spiro atoms. The molecule has 2 heteroatoms. The van der Waals surface area contributed by atoms with E-state index < -0.39 is 0 Å². The molecule has 6 aromatic carbocycles. The van der Waals surface area contributed by atoms with E-state index >= 15 is 0 Å². The number of rotatable bonds is 3. The SMILES string of the molecule is Cc1cccc(C)c1B1c2ccc(-c3ccccc3)cc2-c2nc3ccc(-c4ccccc4)cc3c3cccc1c23. The Balaban J connectivity index is 1.48. The molecule has 0 aliphatic carbocycles. The first-order valence-corrected chi connectivity index (χ1v) is 14.3. The number of fused-ring (bicyclic) bond motifs is 4. The van der Waals surface area contributed by atoms with Crippen LogP contribution in [0.1, 0.15) is 11.1 Å². The molecule has 0 radical (unpaired) electrons. The quantitative estimate of drug-likeness (QED) is 0.171. The number of nitrogens with zero attached hydrogens (tertiary/aromatic N) is 1. The summed E-state index contributed by atoms with van der Waals surface area (Å²) in [5.74, 6) is 0. The first kappa shape index (κ1) is 23.9. The van der Waals surface area contributed by atoms with E-state index in [0.29, 0.717) is 0 Å². The van der Waals surface area contributed by atoms with Gasteiger partial charge in [-0.3, -0.25) is 0 Å². The Hall–Kier alpha value is -4.95. The molecule has 192 valence electrons. The summed E-state index contributed by atoms with van der Waals surface area (Å²) < 4.78 is 0. The second-order valence-electron chi connectivity index (χ2n) is 11.2. The lowest BCUT2D eigenvalue weighted by atomic mass is 9.33. The zero-order chi connectivity index (χ0) is 27.5. The van der Waals surface area contributed by atoms with Crippen LogP contribution in [0.15, 0.2) is 133 Å². The first-order chi connectivity index (χ1) is 20.2. The standard InChI is InChI=1S/C39H28BN/c1-25-11-9-12-26(2)38(25)40-34-21-19-29(27-13-5-3-6-14-27)24-33(34)39-37-31(17-10-18-35(37)40)32-23-30(20-22-36(32)41-39)28-15-7-4-8-16-28/h3-24H,1-2H3. The van der Waals surface area contributed by atoms with E-state index in [1.54, 1.807) is 0 Å². The van der Waals surface area contributed by atoms with Crippen molar-refractivity contribution in [3.8, 4) is 33.5 Å². The van der Waals surface area contributed by atoms with E-state index in [2.05, 4.69) is 147 Å². The molecule has 0 saturated carbocycles. The highest BCUT2D eigenvalue weighted by Gasteiger charge is 2.34. The molecular formula is C39H28BN. The second-order valence-corrected chi connectivity index (χ2v) is 11.2. The number of hydrogen-bond acceptors (Lipinski definition) is 1. The highest BCUT2D eigenvalue weighted by atomic mass is 14.7. The van der Waals surface area contributed by atoms with Gasteiger partial charge in [-0.2, -0.15) is 0 Å². The van der Waals surface area contributed by atoms with Crippen LogP contribution in [-0.2, 0) is 0 Å². The Bertz CT molecular complexity index is 2090. The Morgan fingerprint density at radius 2 is 1.12 bits per heavy atom. The molecule has 0 unspecified atom stereocenters. The van der Waals surface area contributed by atoms with Crippen LogP contribution in [0.3, 0.4) is 0 Å².